The van der Waals surface area contributed by atoms with E-state index in [1.54, 1.807) is 0 Å². The molecule has 0 saturated carbocycles. The highest BCUT2D eigenvalue weighted by Crippen LogP contribution is 2.43. The van der Waals surface area contributed by atoms with Crippen molar-refractivity contribution in [3.8, 4) is 0 Å². The van der Waals surface area contributed by atoms with Crippen LogP contribution in [0.2, 0.25) is 0 Å². The van der Waals surface area contributed by atoms with Crippen molar-refractivity contribution in [2.45, 2.75) is 103 Å². The van der Waals surface area contributed by atoms with E-state index in [-0.39, 0.29) is 32.6 Å². The molecule has 0 aliphatic carbocycles. The zero-order chi connectivity index (χ0) is 34.0. The summed E-state index contributed by atoms with van der Waals surface area (Å²) in [6.45, 7) is 3.31. The number of hydrogen-bond acceptors (Lipinski definition) is 8. The number of carbonyl (C=O) groups excluding carboxylic acids is 2. The van der Waals surface area contributed by atoms with Gasteiger partial charge in [-0.3, -0.25) is 18.6 Å². The van der Waals surface area contributed by atoms with Crippen LogP contribution >= 0.6 is 7.82 Å². The molecule has 260 valence electrons. The summed E-state index contributed by atoms with van der Waals surface area (Å²) in [5.74, 6) is -0.948. The van der Waals surface area contributed by atoms with E-state index < -0.39 is 32.5 Å². The first-order chi connectivity index (χ1) is 22.3. The van der Waals surface area contributed by atoms with Crippen LogP contribution in [0.25, 0.3) is 0 Å². The summed E-state index contributed by atoms with van der Waals surface area (Å²) < 4.78 is 32.4. The van der Waals surface area contributed by atoms with Gasteiger partial charge in [-0.05, 0) is 51.4 Å². The van der Waals surface area contributed by atoms with Gasteiger partial charge in [-0.1, -0.05) is 118 Å². The Kier molecular flexibility index (Phi) is 30.2. The van der Waals surface area contributed by atoms with Crippen molar-refractivity contribution in [3.05, 3.63) is 85.1 Å². The van der Waals surface area contributed by atoms with Gasteiger partial charge >= 0.3 is 19.8 Å². The van der Waals surface area contributed by atoms with E-state index in [1.807, 2.05) is 54.7 Å². The molecule has 9 nitrogen and oxygen atoms in total. The summed E-state index contributed by atoms with van der Waals surface area (Å²) in [6.07, 6.45) is 37.8. The summed E-state index contributed by atoms with van der Waals surface area (Å²) >= 11 is 0. The molecule has 0 aromatic rings. The standard InChI is InChI=1S/C36H58NO8P/c1-3-5-7-9-11-13-15-17-19-21-23-25-27-29-36(39)45-34(33-44-46(40,41)43-31-30-37)32-42-35(38)28-26-24-22-20-18-16-14-12-10-8-6-4-2/h5-9,11-15,17,19,21,23,34H,3-4,10,16,18,20,22,24-33,37H2,1-2H3,(H,40,41)/b7-5+,8-6+,11-9+,14-12+,15-13+,19-17+,23-21+. The topological polar surface area (TPSA) is 134 Å². The Bertz CT molecular complexity index is 1030. The number of phosphoric acid groups is 1. The maximum atomic E-state index is 12.4. The van der Waals surface area contributed by atoms with Crippen molar-refractivity contribution in [2.75, 3.05) is 26.4 Å². The van der Waals surface area contributed by atoms with Crippen LogP contribution in [0.5, 0.6) is 0 Å². The second kappa shape index (κ2) is 32.1. The van der Waals surface area contributed by atoms with Gasteiger partial charge in [-0.2, -0.15) is 0 Å². The number of nitrogens with two attached hydrogens (primary N) is 1. The lowest BCUT2D eigenvalue weighted by Crippen LogP contribution is -2.29. The maximum absolute atomic E-state index is 12.4. The minimum atomic E-state index is -4.39. The summed E-state index contributed by atoms with van der Waals surface area (Å²) in [6, 6.07) is 0. The van der Waals surface area contributed by atoms with Gasteiger partial charge in [-0.25, -0.2) is 4.57 Å². The highest BCUT2D eigenvalue weighted by molar-refractivity contribution is 7.47. The molecule has 0 radical (unpaired) electrons. The van der Waals surface area contributed by atoms with Crippen LogP contribution < -0.4 is 5.73 Å². The second-order valence-corrected chi connectivity index (χ2v) is 11.8. The number of esters is 2. The Labute approximate surface area is 277 Å². The van der Waals surface area contributed by atoms with E-state index in [1.165, 1.54) is 0 Å². The van der Waals surface area contributed by atoms with Crippen molar-refractivity contribution in [2.24, 2.45) is 5.73 Å². The van der Waals surface area contributed by atoms with E-state index in [2.05, 4.69) is 44.2 Å². The van der Waals surface area contributed by atoms with E-state index in [0.29, 0.717) is 19.3 Å². The second-order valence-electron chi connectivity index (χ2n) is 10.4. The molecule has 10 heteroatoms. The number of unbranched alkanes of at least 4 members (excludes halogenated alkanes) is 6. The normalized spacial score (nSPS) is 14.6. The van der Waals surface area contributed by atoms with Gasteiger partial charge in [0.1, 0.15) is 6.61 Å². The molecule has 0 aliphatic heterocycles. The Balaban J connectivity index is 4.48. The SMILES string of the molecule is CC/C=C/C=C/C=C/C=C/C=C/CCCC(=O)OC(COC(=O)CCCCCCC/C=C/C/C=C/CC)COP(=O)(O)OCCN. The molecule has 2 unspecified atom stereocenters. The number of allylic oxidation sites excluding steroid dienone is 14. The highest BCUT2D eigenvalue weighted by Gasteiger charge is 2.25. The average molecular weight is 664 g/mol. The molecule has 0 aliphatic rings. The fourth-order valence-corrected chi connectivity index (χ4v) is 4.52. The zero-order valence-electron chi connectivity index (χ0n) is 28.0. The first-order valence-electron chi connectivity index (χ1n) is 16.6. The van der Waals surface area contributed by atoms with Crippen molar-refractivity contribution in [1.82, 2.24) is 0 Å². The summed E-state index contributed by atoms with van der Waals surface area (Å²) in [5.41, 5.74) is 5.31. The van der Waals surface area contributed by atoms with Crippen LogP contribution in [0.1, 0.15) is 97.3 Å². The molecule has 0 aromatic heterocycles. The Morgan fingerprint density at radius 1 is 0.674 bits per heavy atom. The van der Waals surface area contributed by atoms with Crippen LogP contribution in [0.3, 0.4) is 0 Å². The number of rotatable bonds is 29. The molecule has 2 atom stereocenters. The average Bonchev–Trinajstić information content (AvgIpc) is 3.04. The van der Waals surface area contributed by atoms with E-state index in [9.17, 15) is 19.0 Å². The summed E-state index contributed by atoms with van der Waals surface area (Å²) in [4.78, 5) is 34.5. The Morgan fingerprint density at radius 3 is 1.96 bits per heavy atom. The van der Waals surface area contributed by atoms with Crippen molar-refractivity contribution in [3.63, 3.8) is 0 Å². The minimum absolute atomic E-state index is 0.0349. The number of hydrogen-bond donors (Lipinski definition) is 2. The predicted molar refractivity (Wildman–Crippen MR) is 187 cm³/mol. The van der Waals surface area contributed by atoms with Crippen LogP contribution in [0, 0.1) is 0 Å². The predicted octanol–water partition coefficient (Wildman–Crippen LogP) is 8.54. The first-order valence-corrected chi connectivity index (χ1v) is 18.1. The van der Waals surface area contributed by atoms with E-state index >= 15 is 0 Å². The number of carbonyl (C=O) groups is 2. The van der Waals surface area contributed by atoms with Gasteiger partial charge in [0.05, 0.1) is 13.2 Å². The van der Waals surface area contributed by atoms with Crippen molar-refractivity contribution in [1.29, 1.82) is 0 Å². The molecular formula is C36H58NO8P. The number of ether oxygens (including phenoxy) is 2. The third-order valence-electron chi connectivity index (χ3n) is 6.15. The maximum Gasteiger partial charge on any atom is 0.472 e. The van der Waals surface area contributed by atoms with Gasteiger partial charge in [0, 0.05) is 19.4 Å². The molecule has 0 fully saturated rings. The Morgan fingerprint density at radius 2 is 1.26 bits per heavy atom. The first kappa shape index (κ1) is 43.2. The van der Waals surface area contributed by atoms with Crippen LogP contribution in [-0.4, -0.2) is 49.3 Å². The lowest BCUT2D eigenvalue weighted by molar-refractivity contribution is -0.161. The fraction of sp³-hybridized carbons (Fsp3) is 0.556. The molecule has 0 amide bonds. The fourth-order valence-electron chi connectivity index (χ4n) is 3.76. The van der Waals surface area contributed by atoms with Gasteiger partial charge in [0.15, 0.2) is 6.10 Å². The van der Waals surface area contributed by atoms with E-state index in [4.69, 9.17) is 24.3 Å². The molecule has 0 spiro atoms. The third-order valence-corrected chi connectivity index (χ3v) is 7.14. The van der Waals surface area contributed by atoms with Crippen LogP contribution in [-0.2, 0) is 32.7 Å². The van der Waals surface area contributed by atoms with Gasteiger partial charge in [0.25, 0.3) is 0 Å². The van der Waals surface area contributed by atoms with Gasteiger partial charge in [0.2, 0.25) is 0 Å². The smallest absolute Gasteiger partial charge is 0.462 e. The lowest BCUT2D eigenvalue weighted by atomic mass is 10.1. The molecule has 0 heterocycles. The summed E-state index contributed by atoms with van der Waals surface area (Å²) in [7, 11) is -4.39. The quantitative estimate of drug-likeness (QED) is 0.0265. The van der Waals surface area contributed by atoms with Crippen LogP contribution in [0.15, 0.2) is 85.1 Å². The molecule has 0 bridgehead atoms. The summed E-state index contributed by atoms with van der Waals surface area (Å²) in [5, 5.41) is 0. The van der Waals surface area contributed by atoms with Gasteiger partial charge in [-0.15, -0.1) is 0 Å². The monoisotopic (exact) mass is 663 g/mol. The number of phosphoric ester groups is 1. The molecule has 0 aromatic carbocycles. The minimum Gasteiger partial charge on any atom is -0.462 e. The lowest BCUT2D eigenvalue weighted by Gasteiger charge is -2.19. The zero-order valence-corrected chi connectivity index (χ0v) is 28.9. The molecule has 0 rings (SSSR count). The van der Waals surface area contributed by atoms with Crippen LogP contribution in [0.4, 0.5) is 0 Å². The molecule has 46 heavy (non-hydrogen) atoms. The van der Waals surface area contributed by atoms with Gasteiger partial charge < -0.3 is 20.1 Å². The molecular weight excluding hydrogens is 605 g/mol. The van der Waals surface area contributed by atoms with Crippen molar-refractivity contribution >= 4 is 19.8 Å². The Hall–Kier alpha value is -2.81. The van der Waals surface area contributed by atoms with Crippen molar-refractivity contribution < 1.29 is 37.6 Å². The largest absolute Gasteiger partial charge is 0.472 e. The highest BCUT2D eigenvalue weighted by atomic mass is 31.2. The molecule has 0 saturated heterocycles. The van der Waals surface area contributed by atoms with E-state index in [0.717, 1.165) is 51.4 Å². The third kappa shape index (κ3) is 31.2. The molecule has 3 N–H and O–H groups in total.